The molecule has 2 rings (SSSR count). The highest BCUT2D eigenvalue weighted by molar-refractivity contribution is 9.10. The summed E-state index contributed by atoms with van der Waals surface area (Å²) in [5, 5.41) is 14.2. The van der Waals surface area contributed by atoms with Crippen molar-refractivity contribution in [1.29, 1.82) is 0 Å². The second-order valence-corrected chi connectivity index (χ2v) is 5.67. The smallest absolute Gasteiger partial charge is 0.255 e. The van der Waals surface area contributed by atoms with E-state index in [1.165, 1.54) is 23.5 Å². The third-order valence-electron chi connectivity index (χ3n) is 2.52. The molecule has 0 aliphatic rings. The molecule has 0 aliphatic carbocycles. The highest BCUT2D eigenvalue weighted by atomic mass is 79.9. The second-order valence-electron chi connectivity index (χ2n) is 3.84. The molecule has 0 unspecified atom stereocenters. The van der Waals surface area contributed by atoms with Crippen LogP contribution in [0.2, 0.25) is 0 Å². The van der Waals surface area contributed by atoms with E-state index in [0.717, 1.165) is 4.88 Å². The van der Waals surface area contributed by atoms with E-state index in [9.17, 15) is 14.3 Å². The summed E-state index contributed by atoms with van der Waals surface area (Å²) in [5.74, 6) is -1.15. The van der Waals surface area contributed by atoms with Crippen LogP contribution in [0.1, 0.15) is 21.3 Å². The predicted octanol–water partition coefficient (Wildman–Crippen LogP) is 3.11. The van der Waals surface area contributed by atoms with Crippen molar-refractivity contribution in [3.8, 4) is 0 Å². The SMILES string of the molecule is O=C(NC[C@H](O)c1cccs1)c1c(F)cccc1Br. The lowest BCUT2D eigenvalue weighted by Crippen LogP contribution is -2.29. The number of rotatable bonds is 4. The van der Waals surface area contributed by atoms with Gasteiger partial charge in [0.25, 0.3) is 5.91 Å². The Labute approximate surface area is 122 Å². The van der Waals surface area contributed by atoms with Gasteiger partial charge in [-0.1, -0.05) is 12.1 Å². The van der Waals surface area contributed by atoms with Crippen LogP contribution in [0.25, 0.3) is 0 Å². The van der Waals surface area contributed by atoms with Gasteiger partial charge in [-0.25, -0.2) is 4.39 Å². The fraction of sp³-hybridized carbons (Fsp3) is 0.154. The van der Waals surface area contributed by atoms with E-state index in [1.807, 2.05) is 11.4 Å². The number of hydrogen-bond acceptors (Lipinski definition) is 3. The summed E-state index contributed by atoms with van der Waals surface area (Å²) in [6.07, 6.45) is -0.783. The average molecular weight is 344 g/mol. The lowest BCUT2D eigenvalue weighted by molar-refractivity contribution is 0.0913. The molecule has 1 heterocycles. The highest BCUT2D eigenvalue weighted by Crippen LogP contribution is 2.21. The first-order valence-corrected chi connectivity index (χ1v) is 7.20. The molecule has 0 saturated heterocycles. The molecule has 1 atom stereocenters. The number of thiophene rings is 1. The lowest BCUT2D eigenvalue weighted by Gasteiger charge is -2.11. The number of carbonyl (C=O) groups excluding carboxylic acids is 1. The van der Waals surface area contributed by atoms with Crippen LogP contribution in [-0.4, -0.2) is 17.6 Å². The van der Waals surface area contributed by atoms with Gasteiger partial charge in [0.15, 0.2) is 0 Å². The van der Waals surface area contributed by atoms with Gasteiger partial charge in [0.2, 0.25) is 0 Å². The molecule has 19 heavy (non-hydrogen) atoms. The Morgan fingerprint density at radius 3 is 2.84 bits per heavy atom. The van der Waals surface area contributed by atoms with Crippen molar-refractivity contribution in [3.63, 3.8) is 0 Å². The zero-order valence-electron chi connectivity index (χ0n) is 9.77. The number of hydrogen-bond donors (Lipinski definition) is 2. The van der Waals surface area contributed by atoms with Crippen molar-refractivity contribution in [2.45, 2.75) is 6.10 Å². The molecule has 2 aromatic rings. The first-order valence-electron chi connectivity index (χ1n) is 5.53. The Balaban J connectivity index is 2.02. The van der Waals surface area contributed by atoms with Crippen molar-refractivity contribution < 1.29 is 14.3 Å². The summed E-state index contributed by atoms with van der Waals surface area (Å²) < 4.78 is 13.9. The van der Waals surface area contributed by atoms with Gasteiger partial charge in [0, 0.05) is 15.9 Å². The molecule has 6 heteroatoms. The Morgan fingerprint density at radius 2 is 2.21 bits per heavy atom. The number of halogens is 2. The molecule has 3 nitrogen and oxygen atoms in total. The fourth-order valence-corrected chi connectivity index (χ4v) is 2.81. The maximum absolute atomic E-state index is 13.5. The van der Waals surface area contributed by atoms with Crippen LogP contribution in [0.3, 0.4) is 0 Å². The summed E-state index contributed by atoms with van der Waals surface area (Å²) >= 11 is 4.53. The van der Waals surface area contributed by atoms with Crippen LogP contribution in [-0.2, 0) is 0 Å². The molecule has 0 aliphatic heterocycles. The van der Waals surface area contributed by atoms with Gasteiger partial charge in [0.1, 0.15) is 11.9 Å². The summed E-state index contributed by atoms with van der Waals surface area (Å²) in [5.41, 5.74) is -0.0547. The van der Waals surface area contributed by atoms with Gasteiger partial charge >= 0.3 is 0 Å². The van der Waals surface area contributed by atoms with Crippen LogP contribution < -0.4 is 5.32 Å². The zero-order valence-corrected chi connectivity index (χ0v) is 12.2. The molecule has 100 valence electrons. The summed E-state index contributed by atoms with van der Waals surface area (Å²) in [6, 6.07) is 7.92. The third kappa shape index (κ3) is 3.40. The quantitative estimate of drug-likeness (QED) is 0.895. The Bertz CT molecular complexity index is 554. The topological polar surface area (TPSA) is 49.3 Å². The van der Waals surface area contributed by atoms with Crippen LogP contribution >= 0.6 is 27.3 Å². The van der Waals surface area contributed by atoms with E-state index in [2.05, 4.69) is 21.2 Å². The third-order valence-corrected chi connectivity index (χ3v) is 4.15. The Hall–Kier alpha value is -1.24. The van der Waals surface area contributed by atoms with E-state index >= 15 is 0 Å². The standard InChI is InChI=1S/C13H11BrFNO2S/c14-8-3-1-4-9(15)12(8)13(18)16-7-10(17)11-5-2-6-19-11/h1-6,10,17H,7H2,(H,16,18)/t10-/m0/s1. The first-order chi connectivity index (χ1) is 9.09. The molecular weight excluding hydrogens is 333 g/mol. The van der Waals surface area contributed by atoms with Crippen LogP contribution in [0.5, 0.6) is 0 Å². The average Bonchev–Trinajstić information content (AvgIpc) is 2.89. The molecule has 1 aromatic carbocycles. The van der Waals surface area contributed by atoms with Crippen molar-refractivity contribution >= 4 is 33.2 Å². The molecule has 0 spiro atoms. The first kappa shape index (κ1) is 14.2. The number of nitrogens with one attached hydrogen (secondary N) is 1. The molecule has 2 N–H and O–H groups in total. The Morgan fingerprint density at radius 1 is 1.42 bits per heavy atom. The number of aliphatic hydroxyl groups excluding tert-OH is 1. The largest absolute Gasteiger partial charge is 0.386 e. The molecule has 0 bridgehead atoms. The minimum Gasteiger partial charge on any atom is -0.386 e. The van der Waals surface area contributed by atoms with Crippen molar-refractivity contribution in [3.05, 3.63) is 56.4 Å². The second kappa shape index (κ2) is 6.27. The normalized spacial score (nSPS) is 12.2. The van der Waals surface area contributed by atoms with Crippen LogP contribution in [0.15, 0.2) is 40.2 Å². The van der Waals surface area contributed by atoms with E-state index in [-0.39, 0.29) is 12.1 Å². The number of benzene rings is 1. The minimum atomic E-state index is -0.783. The number of aliphatic hydroxyl groups is 1. The molecular formula is C13H11BrFNO2S. The van der Waals surface area contributed by atoms with Gasteiger partial charge in [-0.2, -0.15) is 0 Å². The van der Waals surface area contributed by atoms with E-state index in [0.29, 0.717) is 4.47 Å². The molecule has 0 saturated carbocycles. The van der Waals surface area contributed by atoms with E-state index in [1.54, 1.807) is 12.1 Å². The van der Waals surface area contributed by atoms with E-state index < -0.39 is 17.8 Å². The van der Waals surface area contributed by atoms with Crippen LogP contribution in [0, 0.1) is 5.82 Å². The van der Waals surface area contributed by atoms with Crippen molar-refractivity contribution in [1.82, 2.24) is 5.32 Å². The molecule has 0 radical (unpaired) electrons. The van der Waals surface area contributed by atoms with E-state index in [4.69, 9.17) is 0 Å². The number of amides is 1. The van der Waals surface area contributed by atoms with Crippen molar-refractivity contribution in [2.75, 3.05) is 6.54 Å². The van der Waals surface area contributed by atoms with Crippen LogP contribution in [0.4, 0.5) is 4.39 Å². The summed E-state index contributed by atoms with van der Waals surface area (Å²) in [6.45, 7) is 0.0418. The predicted molar refractivity (Wildman–Crippen MR) is 75.7 cm³/mol. The summed E-state index contributed by atoms with van der Waals surface area (Å²) in [4.78, 5) is 12.6. The maximum Gasteiger partial charge on any atom is 0.255 e. The fourth-order valence-electron chi connectivity index (χ4n) is 1.57. The van der Waals surface area contributed by atoms with Gasteiger partial charge < -0.3 is 10.4 Å². The van der Waals surface area contributed by atoms with Crippen molar-refractivity contribution in [2.24, 2.45) is 0 Å². The molecule has 0 fully saturated rings. The lowest BCUT2D eigenvalue weighted by atomic mass is 10.2. The zero-order chi connectivity index (χ0) is 13.8. The van der Waals surface area contributed by atoms with Gasteiger partial charge in [-0.3, -0.25) is 4.79 Å². The van der Waals surface area contributed by atoms with Gasteiger partial charge in [-0.15, -0.1) is 11.3 Å². The monoisotopic (exact) mass is 343 g/mol. The maximum atomic E-state index is 13.5. The summed E-state index contributed by atoms with van der Waals surface area (Å²) in [7, 11) is 0. The highest BCUT2D eigenvalue weighted by Gasteiger charge is 2.17. The van der Waals surface area contributed by atoms with Gasteiger partial charge in [0.05, 0.1) is 5.56 Å². The number of carbonyl (C=O) groups is 1. The molecule has 1 amide bonds. The Kier molecular flexibility index (Phi) is 4.68. The minimum absolute atomic E-state index is 0.0418. The van der Waals surface area contributed by atoms with Gasteiger partial charge in [-0.05, 0) is 39.5 Å². The molecule has 1 aromatic heterocycles.